The number of hydrazone groups is 1. The van der Waals surface area contributed by atoms with Crippen LogP contribution in [0.4, 0.5) is 11.4 Å². The molecule has 4 rings (SSSR count). The molecule has 0 aliphatic rings. The number of nitro groups is 1. The molecular weight excluding hydrogens is 560 g/mol. The van der Waals surface area contributed by atoms with E-state index in [0.29, 0.717) is 27.4 Å². The number of hydrogen-bond donors (Lipinski definition) is 2. The van der Waals surface area contributed by atoms with Crippen molar-refractivity contribution in [3.05, 3.63) is 141 Å². The number of nitrogens with zero attached hydrogens (tertiary/aromatic N) is 2. The molecule has 11 heteroatoms. The largest absolute Gasteiger partial charge is 0.423 e. The maximum absolute atomic E-state index is 12.5. The van der Waals surface area contributed by atoms with Crippen LogP contribution < -0.4 is 15.5 Å². The molecule has 0 heterocycles. The zero-order valence-corrected chi connectivity index (χ0v) is 22.7. The van der Waals surface area contributed by atoms with Crippen LogP contribution in [0.5, 0.6) is 5.75 Å². The van der Waals surface area contributed by atoms with Crippen LogP contribution in [-0.2, 0) is 16.0 Å². The van der Waals surface area contributed by atoms with Crippen molar-refractivity contribution in [2.45, 2.75) is 6.42 Å². The summed E-state index contributed by atoms with van der Waals surface area (Å²) in [4.78, 5) is 47.4. The number of nitrogens with one attached hydrogen (secondary N) is 2. The van der Waals surface area contributed by atoms with Crippen LogP contribution in [-0.4, -0.2) is 28.9 Å². The van der Waals surface area contributed by atoms with Crippen molar-refractivity contribution in [1.82, 2.24) is 5.43 Å². The Morgan fingerprint density at radius 3 is 2.33 bits per heavy atom. The van der Waals surface area contributed by atoms with Gasteiger partial charge in [-0.05, 0) is 71.8 Å². The summed E-state index contributed by atoms with van der Waals surface area (Å²) in [6, 6.07) is 25.8. The minimum Gasteiger partial charge on any atom is -0.423 e. The Hall–Kier alpha value is -5.61. The van der Waals surface area contributed by atoms with Crippen LogP contribution in [0, 0.1) is 10.1 Å². The first-order chi connectivity index (χ1) is 20.3. The summed E-state index contributed by atoms with van der Waals surface area (Å²) in [5.41, 5.74) is 4.98. The Morgan fingerprint density at radius 1 is 0.929 bits per heavy atom. The Morgan fingerprint density at radius 2 is 1.64 bits per heavy atom. The van der Waals surface area contributed by atoms with Gasteiger partial charge in [0.05, 0.1) is 17.6 Å². The summed E-state index contributed by atoms with van der Waals surface area (Å²) >= 11 is 6.08. The fourth-order valence-electron chi connectivity index (χ4n) is 3.64. The summed E-state index contributed by atoms with van der Waals surface area (Å²) in [6.45, 7) is 0. The number of amides is 2. The van der Waals surface area contributed by atoms with Gasteiger partial charge in [-0.25, -0.2) is 10.2 Å². The molecule has 0 fully saturated rings. The zero-order chi connectivity index (χ0) is 29.9. The minimum atomic E-state index is -0.703. The van der Waals surface area contributed by atoms with Crippen LogP contribution in [0.25, 0.3) is 6.08 Å². The highest BCUT2D eigenvalue weighted by molar-refractivity contribution is 6.31. The van der Waals surface area contributed by atoms with Crippen molar-refractivity contribution in [1.29, 1.82) is 0 Å². The van der Waals surface area contributed by atoms with Gasteiger partial charge in [0, 0.05) is 40.0 Å². The standard InChI is InChI=1S/C31H23ClN4O6/c32-25-11-16-28(42-30(38)17-8-21-6-14-27(15-7-21)36(40)41)24(19-25)20-33-35-31(39)23-9-12-26(13-10-23)34-29(37)18-22-4-2-1-3-5-22/h1-17,19-20H,18H2,(H,34,37)(H,35,39)/b17-8+,33-20+. The number of anilines is 1. The van der Waals surface area contributed by atoms with Gasteiger partial charge < -0.3 is 10.1 Å². The zero-order valence-electron chi connectivity index (χ0n) is 21.9. The Labute approximate surface area is 245 Å². The highest BCUT2D eigenvalue weighted by Gasteiger charge is 2.10. The fraction of sp³-hybridized carbons (Fsp3) is 0.0323. The third kappa shape index (κ3) is 8.70. The van der Waals surface area contributed by atoms with Gasteiger partial charge >= 0.3 is 5.97 Å². The predicted molar refractivity (Wildman–Crippen MR) is 159 cm³/mol. The number of halogens is 1. The van der Waals surface area contributed by atoms with Gasteiger partial charge in [-0.2, -0.15) is 5.10 Å². The van der Waals surface area contributed by atoms with E-state index >= 15 is 0 Å². The van der Waals surface area contributed by atoms with Gasteiger partial charge in [0.15, 0.2) is 0 Å². The van der Waals surface area contributed by atoms with E-state index in [2.05, 4.69) is 15.8 Å². The Balaban J connectivity index is 1.33. The van der Waals surface area contributed by atoms with E-state index < -0.39 is 16.8 Å². The number of benzene rings is 4. The minimum absolute atomic E-state index is 0.0630. The molecule has 0 bridgehead atoms. The third-order valence-corrected chi connectivity index (χ3v) is 5.94. The highest BCUT2D eigenvalue weighted by Crippen LogP contribution is 2.22. The van der Waals surface area contributed by atoms with Gasteiger partial charge in [0.25, 0.3) is 11.6 Å². The molecule has 0 radical (unpaired) electrons. The number of esters is 1. The van der Waals surface area contributed by atoms with Gasteiger partial charge in [-0.3, -0.25) is 19.7 Å². The molecule has 0 atom stereocenters. The second-order valence-corrected chi connectivity index (χ2v) is 9.21. The molecule has 210 valence electrons. The number of ether oxygens (including phenoxy) is 1. The molecular formula is C31H23ClN4O6. The van der Waals surface area contributed by atoms with Crippen molar-refractivity contribution in [3.63, 3.8) is 0 Å². The van der Waals surface area contributed by atoms with Crippen LogP contribution in [0.15, 0.2) is 108 Å². The average Bonchev–Trinajstić information content (AvgIpc) is 2.98. The molecule has 0 saturated carbocycles. The summed E-state index contributed by atoms with van der Waals surface area (Å²) in [5.74, 6) is -1.24. The summed E-state index contributed by atoms with van der Waals surface area (Å²) < 4.78 is 5.38. The second kappa shape index (κ2) is 14.1. The number of rotatable bonds is 10. The van der Waals surface area contributed by atoms with Crippen LogP contribution in [0.2, 0.25) is 5.02 Å². The van der Waals surface area contributed by atoms with Crippen LogP contribution in [0.1, 0.15) is 27.0 Å². The van der Waals surface area contributed by atoms with Crippen molar-refractivity contribution < 1.29 is 24.0 Å². The molecule has 2 N–H and O–H groups in total. The Kier molecular flexibility index (Phi) is 9.90. The third-order valence-electron chi connectivity index (χ3n) is 5.71. The van der Waals surface area contributed by atoms with Crippen molar-refractivity contribution in [3.8, 4) is 5.75 Å². The van der Waals surface area contributed by atoms with Crippen molar-refractivity contribution in [2.24, 2.45) is 5.10 Å². The molecule has 0 unspecified atom stereocenters. The number of hydrogen-bond acceptors (Lipinski definition) is 7. The SMILES string of the molecule is O=C(Cc1ccccc1)Nc1ccc(C(=O)N/N=C/c2cc(Cl)ccc2OC(=O)/C=C/c2ccc([N+](=O)[O-])cc2)cc1. The van der Waals surface area contributed by atoms with Gasteiger partial charge in [0.1, 0.15) is 5.75 Å². The monoisotopic (exact) mass is 582 g/mol. The summed E-state index contributed by atoms with van der Waals surface area (Å²) in [5, 5.41) is 17.9. The van der Waals surface area contributed by atoms with E-state index in [9.17, 15) is 24.5 Å². The van der Waals surface area contributed by atoms with Crippen LogP contribution in [0.3, 0.4) is 0 Å². The molecule has 10 nitrogen and oxygen atoms in total. The Bertz CT molecular complexity index is 1650. The molecule has 4 aromatic rings. The lowest BCUT2D eigenvalue weighted by molar-refractivity contribution is -0.384. The molecule has 0 aliphatic carbocycles. The van der Waals surface area contributed by atoms with Crippen molar-refractivity contribution >= 4 is 53.0 Å². The molecule has 0 aromatic heterocycles. The molecule has 2 amide bonds. The van der Waals surface area contributed by atoms with Gasteiger partial charge in [-0.15, -0.1) is 0 Å². The number of carbonyl (C=O) groups is 3. The van der Waals surface area contributed by atoms with E-state index in [-0.39, 0.29) is 23.8 Å². The molecule has 0 spiro atoms. The molecule has 4 aromatic carbocycles. The van der Waals surface area contributed by atoms with E-state index in [0.717, 1.165) is 5.56 Å². The van der Waals surface area contributed by atoms with E-state index in [1.165, 1.54) is 60.8 Å². The first-order valence-corrected chi connectivity index (χ1v) is 12.9. The number of nitro benzene ring substituents is 1. The predicted octanol–water partition coefficient (Wildman–Crippen LogP) is 5.81. The topological polar surface area (TPSA) is 140 Å². The quantitative estimate of drug-likeness (QED) is 0.0603. The highest BCUT2D eigenvalue weighted by atomic mass is 35.5. The van der Waals surface area contributed by atoms with Crippen molar-refractivity contribution in [2.75, 3.05) is 5.32 Å². The number of non-ortho nitro benzene ring substituents is 1. The lowest BCUT2D eigenvalue weighted by Crippen LogP contribution is -2.18. The maximum atomic E-state index is 12.5. The average molecular weight is 583 g/mol. The fourth-order valence-corrected chi connectivity index (χ4v) is 3.82. The molecule has 0 aliphatic heterocycles. The van der Waals surface area contributed by atoms with Crippen LogP contribution >= 0.6 is 11.6 Å². The smallest absolute Gasteiger partial charge is 0.336 e. The molecule has 0 saturated heterocycles. The first kappa shape index (κ1) is 29.4. The van der Waals surface area contributed by atoms with E-state index in [1.54, 1.807) is 24.3 Å². The van der Waals surface area contributed by atoms with E-state index in [1.807, 2.05) is 30.3 Å². The molecule has 42 heavy (non-hydrogen) atoms. The van der Waals surface area contributed by atoms with Gasteiger partial charge in [0.2, 0.25) is 5.91 Å². The first-order valence-electron chi connectivity index (χ1n) is 12.5. The summed E-state index contributed by atoms with van der Waals surface area (Å²) in [7, 11) is 0. The summed E-state index contributed by atoms with van der Waals surface area (Å²) in [6.07, 6.45) is 4.14. The lowest BCUT2D eigenvalue weighted by Gasteiger charge is -2.07. The second-order valence-electron chi connectivity index (χ2n) is 8.77. The number of carbonyl (C=O) groups excluding carboxylic acids is 3. The lowest BCUT2D eigenvalue weighted by atomic mass is 10.1. The maximum Gasteiger partial charge on any atom is 0.336 e. The normalized spacial score (nSPS) is 10.9. The van der Waals surface area contributed by atoms with E-state index in [4.69, 9.17) is 16.3 Å². The van der Waals surface area contributed by atoms with Gasteiger partial charge in [-0.1, -0.05) is 41.9 Å².